The maximum absolute atomic E-state index is 14.0. The highest BCUT2D eigenvalue weighted by molar-refractivity contribution is 6.00. The lowest BCUT2D eigenvalue weighted by atomic mass is 10.0. The van der Waals surface area contributed by atoms with Crippen LogP contribution < -0.4 is 10.2 Å². The van der Waals surface area contributed by atoms with E-state index in [1.54, 1.807) is 35.0 Å². The molecule has 134 valence electrons. The molecule has 1 N–H and O–H groups in total. The Morgan fingerprint density at radius 2 is 2.12 bits per heavy atom. The standard InChI is InChI=1S/C18H17F2N5O/c1-24-8-5-16(23-24)25-7-2-3-15(18(25)26)22-14-4-6-21-17-12(14)9-11(19)10-13(17)20/h4-6,8-10,15H,2-3,7H2,1H3,(H,21,22). The van der Waals surface area contributed by atoms with Crippen LogP contribution in [0, 0.1) is 11.6 Å². The van der Waals surface area contributed by atoms with Crippen LogP contribution in [0.2, 0.25) is 0 Å². The van der Waals surface area contributed by atoms with Gasteiger partial charge in [0.05, 0.1) is 0 Å². The molecule has 3 aromatic rings. The number of halogens is 2. The molecule has 26 heavy (non-hydrogen) atoms. The molecule has 4 rings (SSSR count). The third-order valence-corrected chi connectivity index (χ3v) is 4.51. The lowest BCUT2D eigenvalue weighted by Gasteiger charge is -2.31. The highest BCUT2D eigenvalue weighted by Gasteiger charge is 2.31. The van der Waals surface area contributed by atoms with Gasteiger partial charge in [0, 0.05) is 49.2 Å². The van der Waals surface area contributed by atoms with Gasteiger partial charge in [0.1, 0.15) is 17.4 Å². The number of fused-ring (bicyclic) bond motifs is 1. The molecule has 0 saturated carbocycles. The summed E-state index contributed by atoms with van der Waals surface area (Å²) in [7, 11) is 1.79. The second-order valence-electron chi connectivity index (χ2n) is 6.32. The molecule has 1 unspecified atom stereocenters. The fourth-order valence-electron chi connectivity index (χ4n) is 3.28. The molecule has 0 radical (unpaired) electrons. The van der Waals surface area contributed by atoms with Gasteiger partial charge in [-0.2, -0.15) is 5.10 Å². The van der Waals surface area contributed by atoms with Crippen LogP contribution in [0.1, 0.15) is 12.8 Å². The molecular weight excluding hydrogens is 340 g/mol. The Bertz CT molecular complexity index is 987. The smallest absolute Gasteiger partial charge is 0.250 e. The van der Waals surface area contributed by atoms with E-state index in [2.05, 4.69) is 15.4 Å². The summed E-state index contributed by atoms with van der Waals surface area (Å²) in [5, 5.41) is 7.73. The number of rotatable bonds is 3. The Balaban J connectivity index is 1.65. The first-order valence-corrected chi connectivity index (χ1v) is 8.34. The summed E-state index contributed by atoms with van der Waals surface area (Å²) in [5.41, 5.74) is 0.552. The van der Waals surface area contributed by atoms with Gasteiger partial charge in [0.25, 0.3) is 5.91 Å². The lowest BCUT2D eigenvalue weighted by molar-refractivity contribution is -0.120. The predicted molar refractivity (Wildman–Crippen MR) is 93.9 cm³/mol. The van der Waals surface area contributed by atoms with Crippen LogP contribution in [0.3, 0.4) is 0 Å². The minimum atomic E-state index is -0.728. The van der Waals surface area contributed by atoms with Crippen molar-refractivity contribution in [1.82, 2.24) is 14.8 Å². The van der Waals surface area contributed by atoms with Gasteiger partial charge < -0.3 is 5.32 Å². The molecule has 0 spiro atoms. The van der Waals surface area contributed by atoms with Crippen molar-refractivity contribution in [2.24, 2.45) is 7.05 Å². The lowest BCUT2D eigenvalue weighted by Crippen LogP contribution is -2.48. The number of anilines is 2. The number of carbonyl (C=O) groups excluding carboxylic acids is 1. The Morgan fingerprint density at radius 3 is 2.88 bits per heavy atom. The molecule has 0 bridgehead atoms. The molecular formula is C18H17F2N5O. The highest BCUT2D eigenvalue weighted by atomic mass is 19.1. The second-order valence-corrected chi connectivity index (χ2v) is 6.32. The van der Waals surface area contributed by atoms with Gasteiger partial charge in [-0.25, -0.2) is 8.78 Å². The number of amides is 1. The number of pyridine rings is 1. The Hall–Kier alpha value is -3.03. The number of nitrogens with zero attached hydrogens (tertiary/aromatic N) is 4. The van der Waals surface area contributed by atoms with Gasteiger partial charge in [0.2, 0.25) is 0 Å². The maximum Gasteiger partial charge on any atom is 0.250 e. The normalized spacial score (nSPS) is 17.7. The van der Waals surface area contributed by atoms with Crippen LogP contribution in [-0.4, -0.2) is 33.3 Å². The molecule has 1 aromatic carbocycles. The van der Waals surface area contributed by atoms with Crippen molar-refractivity contribution in [3.63, 3.8) is 0 Å². The van der Waals surface area contributed by atoms with Crippen molar-refractivity contribution < 1.29 is 13.6 Å². The zero-order valence-corrected chi connectivity index (χ0v) is 14.1. The van der Waals surface area contributed by atoms with E-state index in [0.29, 0.717) is 29.9 Å². The number of benzene rings is 1. The van der Waals surface area contributed by atoms with E-state index in [9.17, 15) is 13.6 Å². The second kappa shape index (κ2) is 6.36. The number of aromatic nitrogens is 3. The molecule has 8 heteroatoms. The maximum atomic E-state index is 14.0. The van der Waals surface area contributed by atoms with E-state index in [4.69, 9.17) is 0 Å². The van der Waals surface area contributed by atoms with Gasteiger partial charge in [-0.3, -0.25) is 19.4 Å². The number of aryl methyl sites for hydroxylation is 1. The minimum Gasteiger partial charge on any atom is -0.373 e. The van der Waals surface area contributed by atoms with Crippen LogP contribution in [0.25, 0.3) is 10.9 Å². The zero-order valence-electron chi connectivity index (χ0n) is 14.1. The predicted octanol–water partition coefficient (Wildman–Crippen LogP) is 2.85. The van der Waals surface area contributed by atoms with Gasteiger partial charge in [-0.05, 0) is 25.0 Å². The average Bonchev–Trinajstić information content (AvgIpc) is 3.03. The topological polar surface area (TPSA) is 63.1 Å². The van der Waals surface area contributed by atoms with Crippen LogP contribution in [0.5, 0.6) is 0 Å². The monoisotopic (exact) mass is 357 g/mol. The molecule has 1 atom stereocenters. The van der Waals surface area contributed by atoms with Crippen LogP contribution in [0.4, 0.5) is 20.3 Å². The van der Waals surface area contributed by atoms with Gasteiger partial charge in [0.15, 0.2) is 11.6 Å². The molecule has 1 aliphatic rings. The molecule has 1 fully saturated rings. The van der Waals surface area contributed by atoms with Crippen molar-refractivity contribution in [3.8, 4) is 0 Å². The van der Waals surface area contributed by atoms with Crippen LogP contribution in [0.15, 0.2) is 36.7 Å². The molecule has 1 saturated heterocycles. The molecule has 6 nitrogen and oxygen atoms in total. The Kier molecular flexibility index (Phi) is 4.02. The Labute approximate surface area is 148 Å². The molecule has 3 heterocycles. The summed E-state index contributed by atoms with van der Waals surface area (Å²) >= 11 is 0. The first kappa shape index (κ1) is 16.4. The van der Waals surface area contributed by atoms with E-state index < -0.39 is 17.7 Å². The quantitative estimate of drug-likeness (QED) is 0.783. The summed E-state index contributed by atoms with van der Waals surface area (Å²) in [5.74, 6) is -0.928. The van der Waals surface area contributed by atoms with Crippen LogP contribution >= 0.6 is 0 Å². The summed E-state index contributed by atoms with van der Waals surface area (Å²) in [6.07, 6.45) is 4.65. The summed E-state index contributed by atoms with van der Waals surface area (Å²) < 4.78 is 29.2. The number of hydrogen-bond acceptors (Lipinski definition) is 4. The molecule has 1 amide bonds. The first-order chi connectivity index (χ1) is 12.5. The largest absolute Gasteiger partial charge is 0.373 e. The van der Waals surface area contributed by atoms with Gasteiger partial charge in [-0.15, -0.1) is 0 Å². The number of carbonyl (C=O) groups is 1. The van der Waals surface area contributed by atoms with E-state index in [-0.39, 0.29) is 11.4 Å². The van der Waals surface area contributed by atoms with Crippen molar-refractivity contribution in [3.05, 3.63) is 48.3 Å². The van der Waals surface area contributed by atoms with Crippen molar-refractivity contribution >= 4 is 28.3 Å². The van der Waals surface area contributed by atoms with Crippen LogP contribution in [-0.2, 0) is 11.8 Å². The number of hydrogen-bond donors (Lipinski definition) is 1. The SMILES string of the molecule is Cn1ccc(N2CCCC(Nc3ccnc4c(F)cc(F)cc34)C2=O)n1. The van der Waals surface area contributed by atoms with Crippen molar-refractivity contribution in [2.75, 3.05) is 16.8 Å². The molecule has 0 aliphatic carbocycles. The fourth-order valence-corrected chi connectivity index (χ4v) is 3.28. The summed E-state index contributed by atoms with van der Waals surface area (Å²) in [6, 6.07) is 4.93. The van der Waals surface area contributed by atoms with E-state index in [0.717, 1.165) is 12.5 Å². The zero-order chi connectivity index (χ0) is 18.3. The minimum absolute atomic E-state index is 0.0706. The first-order valence-electron chi connectivity index (χ1n) is 8.34. The van der Waals surface area contributed by atoms with E-state index in [1.807, 2.05) is 0 Å². The van der Waals surface area contributed by atoms with E-state index in [1.165, 1.54) is 12.3 Å². The molecule has 1 aliphatic heterocycles. The third kappa shape index (κ3) is 2.87. The fraction of sp³-hybridized carbons (Fsp3) is 0.278. The Morgan fingerprint density at radius 1 is 1.27 bits per heavy atom. The summed E-state index contributed by atoms with van der Waals surface area (Å²) in [4.78, 5) is 18.5. The highest BCUT2D eigenvalue weighted by Crippen LogP contribution is 2.28. The van der Waals surface area contributed by atoms with Crippen molar-refractivity contribution in [2.45, 2.75) is 18.9 Å². The number of nitrogens with one attached hydrogen (secondary N) is 1. The summed E-state index contributed by atoms with van der Waals surface area (Å²) in [6.45, 7) is 0.592. The average molecular weight is 357 g/mol. The van der Waals surface area contributed by atoms with Crippen molar-refractivity contribution in [1.29, 1.82) is 0 Å². The van der Waals surface area contributed by atoms with E-state index >= 15 is 0 Å². The number of piperidine rings is 1. The molecule has 2 aromatic heterocycles. The van der Waals surface area contributed by atoms with Gasteiger partial charge >= 0.3 is 0 Å². The van der Waals surface area contributed by atoms with Gasteiger partial charge in [-0.1, -0.05) is 0 Å². The third-order valence-electron chi connectivity index (χ3n) is 4.51.